The first-order valence-electron chi connectivity index (χ1n) is 8.83. The number of pyridine rings is 1. The molecule has 0 aromatic carbocycles. The van der Waals surface area contributed by atoms with E-state index in [1.807, 2.05) is 33.8 Å². The highest BCUT2D eigenvalue weighted by Crippen LogP contribution is 2.06. The van der Waals surface area contributed by atoms with Gasteiger partial charge in [0.2, 0.25) is 5.91 Å². The first-order valence-corrected chi connectivity index (χ1v) is 8.83. The Bertz CT molecular complexity index is 637. The minimum atomic E-state index is -0.524. The van der Waals surface area contributed by atoms with Crippen molar-refractivity contribution >= 4 is 23.8 Å². The summed E-state index contributed by atoms with van der Waals surface area (Å²) in [5.41, 5.74) is 0.509. The molecular weight excluding hydrogens is 348 g/mol. The number of rotatable bonds is 7. The zero-order chi connectivity index (χ0) is 20.3. The second kappa shape index (κ2) is 11.0. The van der Waals surface area contributed by atoms with Crippen LogP contribution >= 0.6 is 0 Å². The number of ether oxygens (including phenoxy) is 1. The SMILES string of the molecule is CN=C(NCCNC(=O)OC(C)(C)C)NCCC(=O)Nc1ccc(C)cn1. The van der Waals surface area contributed by atoms with E-state index in [2.05, 4.69) is 31.2 Å². The van der Waals surface area contributed by atoms with Crippen LogP contribution < -0.4 is 21.3 Å². The standard InChI is InChI=1S/C18H30N6O3/c1-13-6-7-14(23-12-13)24-15(25)8-9-20-16(19-5)21-10-11-22-17(26)27-18(2,3)4/h6-7,12H,8-11H2,1-5H3,(H,22,26)(H2,19,20,21)(H,23,24,25). The molecule has 0 aliphatic heterocycles. The highest BCUT2D eigenvalue weighted by atomic mass is 16.6. The second-order valence-electron chi connectivity index (χ2n) is 6.87. The Balaban J connectivity index is 2.19. The molecule has 150 valence electrons. The van der Waals surface area contributed by atoms with Crippen LogP contribution in [0.1, 0.15) is 32.8 Å². The third kappa shape index (κ3) is 10.7. The van der Waals surface area contributed by atoms with Crippen LogP contribution in [-0.4, -0.2) is 55.2 Å². The topological polar surface area (TPSA) is 117 Å². The quantitative estimate of drug-likeness (QED) is 0.324. The Morgan fingerprint density at radius 2 is 1.78 bits per heavy atom. The molecule has 4 N–H and O–H groups in total. The van der Waals surface area contributed by atoms with E-state index in [0.29, 0.717) is 31.4 Å². The molecule has 0 saturated heterocycles. The molecule has 1 heterocycles. The minimum Gasteiger partial charge on any atom is -0.444 e. The van der Waals surface area contributed by atoms with E-state index in [-0.39, 0.29) is 12.3 Å². The maximum Gasteiger partial charge on any atom is 0.407 e. The van der Waals surface area contributed by atoms with E-state index in [1.165, 1.54) is 0 Å². The average molecular weight is 378 g/mol. The Labute approximate surface area is 160 Å². The van der Waals surface area contributed by atoms with Crippen molar-refractivity contribution in [2.24, 2.45) is 4.99 Å². The Kier molecular flexibility index (Phi) is 9.04. The first-order chi connectivity index (χ1) is 12.7. The number of amides is 2. The van der Waals surface area contributed by atoms with Crippen molar-refractivity contribution in [2.45, 2.75) is 39.7 Å². The number of anilines is 1. The van der Waals surface area contributed by atoms with Gasteiger partial charge in [0.1, 0.15) is 11.4 Å². The van der Waals surface area contributed by atoms with E-state index in [0.717, 1.165) is 5.56 Å². The Morgan fingerprint density at radius 1 is 1.11 bits per heavy atom. The van der Waals surface area contributed by atoms with Crippen LogP contribution in [0.3, 0.4) is 0 Å². The number of nitrogens with zero attached hydrogens (tertiary/aromatic N) is 2. The summed E-state index contributed by atoms with van der Waals surface area (Å²) < 4.78 is 5.14. The highest BCUT2D eigenvalue weighted by Gasteiger charge is 2.15. The molecule has 9 heteroatoms. The largest absolute Gasteiger partial charge is 0.444 e. The van der Waals surface area contributed by atoms with Crippen LogP contribution in [0.15, 0.2) is 23.3 Å². The molecule has 0 aliphatic rings. The number of aromatic nitrogens is 1. The van der Waals surface area contributed by atoms with E-state index in [9.17, 15) is 9.59 Å². The fourth-order valence-electron chi connectivity index (χ4n) is 1.92. The Hall–Kier alpha value is -2.84. The summed E-state index contributed by atoms with van der Waals surface area (Å²) in [5.74, 6) is 0.935. The van der Waals surface area contributed by atoms with E-state index in [1.54, 1.807) is 19.3 Å². The zero-order valence-corrected chi connectivity index (χ0v) is 16.7. The van der Waals surface area contributed by atoms with Gasteiger partial charge in [-0.15, -0.1) is 0 Å². The van der Waals surface area contributed by atoms with E-state index in [4.69, 9.17) is 4.74 Å². The molecule has 1 aromatic rings. The predicted octanol–water partition coefficient (Wildman–Crippen LogP) is 1.41. The number of aryl methyl sites for hydroxylation is 1. The molecule has 1 aromatic heterocycles. The zero-order valence-electron chi connectivity index (χ0n) is 16.7. The lowest BCUT2D eigenvalue weighted by Gasteiger charge is -2.19. The Morgan fingerprint density at radius 3 is 2.37 bits per heavy atom. The van der Waals surface area contributed by atoms with Crippen molar-refractivity contribution in [1.82, 2.24) is 20.9 Å². The van der Waals surface area contributed by atoms with E-state index < -0.39 is 11.7 Å². The maximum absolute atomic E-state index is 11.9. The molecule has 1 rings (SSSR count). The van der Waals surface area contributed by atoms with Gasteiger partial charge in [-0.05, 0) is 39.3 Å². The lowest BCUT2D eigenvalue weighted by molar-refractivity contribution is -0.116. The first kappa shape index (κ1) is 22.2. The number of carbonyl (C=O) groups is 2. The van der Waals surface area contributed by atoms with Gasteiger partial charge < -0.3 is 26.0 Å². The van der Waals surface area contributed by atoms with Crippen molar-refractivity contribution in [2.75, 3.05) is 32.0 Å². The molecule has 0 fully saturated rings. The van der Waals surface area contributed by atoms with Crippen LogP contribution in [0.2, 0.25) is 0 Å². The molecule has 0 saturated carbocycles. The number of alkyl carbamates (subject to hydrolysis) is 1. The summed E-state index contributed by atoms with van der Waals surface area (Å²) in [4.78, 5) is 31.6. The van der Waals surface area contributed by atoms with Gasteiger partial charge >= 0.3 is 6.09 Å². The van der Waals surface area contributed by atoms with Gasteiger partial charge in [-0.2, -0.15) is 0 Å². The summed E-state index contributed by atoms with van der Waals surface area (Å²) >= 11 is 0. The van der Waals surface area contributed by atoms with Crippen LogP contribution in [0.4, 0.5) is 10.6 Å². The lowest BCUT2D eigenvalue weighted by atomic mass is 10.2. The molecular formula is C18H30N6O3. The number of carbonyl (C=O) groups excluding carboxylic acids is 2. The van der Waals surface area contributed by atoms with Gasteiger partial charge in [-0.1, -0.05) is 6.07 Å². The predicted molar refractivity (Wildman–Crippen MR) is 106 cm³/mol. The van der Waals surface area contributed by atoms with Crippen LogP contribution in [0.25, 0.3) is 0 Å². The van der Waals surface area contributed by atoms with Gasteiger partial charge in [-0.25, -0.2) is 9.78 Å². The van der Waals surface area contributed by atoms with Crippen LogP contribution in [0.5, 0.6) is 0 Å². The summed E-state index contributed by atoms with van der Waals surface area (Å²) in [6.07, 6.45) is 1.51. The molecule has 0 unspecified atom stereocenters. The number of guanidine groups is 1. The molecule has 0 bridgehead atoms. The van der Waals surface area contributed by atoms with Crippen LogP contribution in [0, 0.1) is 6.92 Å². The van der Waals surface area contributed by atoms with Crippen molar-refractivity contribution in [3.8, 4) is 0 Å². The number of nitrogens with one attached hydrogen (secondary N) is 4. The highest BCUT2D eigenvalue weighted by molar-refractivity contribution is 5.90. The minimum absolute atomic E-state index is 0.138. The van der Waals surface area contributed by atoms with Gasteiger partial charge in [0, 0.05) is 39.3 Å². The molecule has 0 radical (unpaired) electrons. The summed E-state index contributed by atoms with van der Waals surface area (Å²) in [6, 6.07) is 3.65. The summed E-state index contributed by atoms with van der Waals surface area (Å²) in [6.45, 7) is 8.62. The molecule has 0 atom stereocenters. The average Bonchev–Trinajstić information content (AvgIpc) is 2.57. The summed E-state index contributed by atoms with van der Waals surface area (Å²) in [5, 5.41) is 11.5. The maximum atomic E-state index is 11.9. The molecule has 0 aliphatic carbocycles. The third-order valence-electron chi connectivity index (χ3n) is 3.13. The smallest absolute Gasteiger partial charge is 0.407 e. The van der Waals surface area contributed by atoms with Crippen molar-refractivity contribution in [3.05, 3.63) is 23.9 Å². The lowest BCUT2D eigenvalue weighted by Crippen LogP contribution is -2.43. The molecule has 27 heavy (non-hydrogen) atoms. The number of hydrogen-bond donors (Lipinski definition) is 4. The molecule has 0 spiro atoms. The monoisotopic (exact) mass is 378 g/mol. The fraction of sp³-hybridized carbons (Fsp3) is 0.556. The van der Waals surface area contributed by atoms with Crippen molar-refractivity contribution < 1.29 is 14.3 Å². The molecule has 2 amide bonds. The normalized spacial score (nSPS) is 11.5. The van der Waals surface area contributed by atoms with Crippen molar-refractivity contribution in [3.63, 3.8) is 0 Å². The van der Waals surface area contributed by atoms with Gasteiger partial charge in [0.25, 0.3) is 0 Å². The van der Waals surface area contributed by atoms with Crippen molar-refractivity contribution in [1.29, 1.82) is 0 Å². The number of hydrogen-bond acceptors (Lipinski definition) is 5. The summed E-state index contributed by atoms with van der Waals surface area (Å²) in [7, 11) is 1.63. The van der Waals surface area contributed by atoms with Gasteiger partial charge in [-0.3, -0.25) is 9.79 Å². The molecule has 9 nitrogen and oxygen atoms in total. The number of aliphatic imine (C=N–C) groups is 1. The van der Waals surface area contributed by atoms with Gasteiger partial charge in [0.05, 0.1) is 0 Å². The fourth-order valence-corrected chi connectivity index (χ4v) is 1.92. The third-order valence-corrected chi connectivity index (χ3v) is 3.13. The van der Waals surface area contributed by atoms with E-state index >= 15 is 0 Å². The van der Waals surface area contributed by atoms with Gasteiger partial charge in [0.15, 0.2) is 5.96 Å². The van der Waals surface area contributed by atoms with Crippen LogP contribution in [-0.2, 0) is 9.53 Å². The second-order valence-corrected chi connectivity index (χ2v) is 6.87.